The highest BCUT2D eigenvalue weighted by molar-refractivity contribution is 5.86. The molecule has 1 amide bonds. The predicted octanol–water partition coefficient (Wildman–Crippen LogP) is 1.52. The average Bonchev–Trinajstić information content (AvgIpc) is 2.00. The molecule has 0 bridgehead atoms. The Kier molecular flexibility index (Phi) is 5.35. The number of carbonyl (C=O) groups excluding carboxylic acids is 2. The zero-order valence-corrected chi connectivity index (χ0v) is 8.89. The van der Waals surface area contributed by atoms with Crippen LogP contribution in [0.2, 0.25) is 0 Å². The summed E-state index contributed by atoms with van der Waals surface area (Å²) in [4.78, 5) is 22.0. The van der Waals surface area contributed by atoms with E-state index in [9.17, 15) is 9.59 Å². The van der Waals surface area contributed by atoms with E-state index >= 15 is 0 Å². The van der Waals surface area contributed by atoms with Gasteiger partial charge in [-0.25, -0.2) is 0 Å². The molecule has 0 saturated heterocycles. The molecule has 0 aliphatic rings. The summed E-state index contributed by atoms with van der Waals surface area (Å²) in [7, 11) is 0. The van der Waals surface area contributed by atoms with Crippen LogP contribution in [0.1, 0.15) is 40.5 Å². The van der Waals surface area contributed by atoms with Gasteiger partial charge in [0, 0.05) is 6.42 Å². The van der Waals surface area contributed by atoms with Crippen molar-refractivity contribution in [2.45, 2.75) is 46.6 Å². The minimum Gasteiger partial charge on any atom is -0.347 e. The summed E-state index contributed by atoms with van der Waals surface area (Å²) in [6, 6.07) is -0.348. The van der Waals surface area contributed by atoms with Gasteiger partial charge in [-0.05, 0) is 26.2 Å². The molecule has 3 heteroatoms. The smallest absolute Gasteiger partial charge is 0.220 e. The largest absolute Gasteiger partial charge is 0.347 e. The van der Waals surface area contributed by atoms with Crippen LogP contribution in [0.5, 0.6) is 0 Å². The second kappa shape index (κ2) is 5.73. The Hall–Kier alpha value is -0.860. The molecule has 0 fully saturated rings. The fourth-order valence-electron chi connectivity index (χ4n) is 0.835. The van der Waals surface area contributed by atoms with Crippen LogP contribution in [0.4, 0.5) is 0 Å². The molecule has 0 aromatic carbocycles. The average molecular weight is 185 g/mol. The fourth-order valence-corrected chi connectivity index (χ4v) is 0.835. The molecular formula is C10H19NO2. The van der Waals surface area contributed by atoms with E-state index in [4.69, 9.17) is 0 Å². The molecule has 3 nitrogen and oxygen atoms in total. The Bertz CT molecular complexity index is 187. The molecule has 1 N–H and O–H groups in total. The monoisotopic (exact) mass is 185 g/mol. The van der Waals surface area contributed by atoms with E-state index in [1.807, 2.05) is 0 Å². The van der Waals surface area contributed by atoms with Crippen LogP contribution in [0.15, 0.2) is 0 Å². The summed E-state index contributed by atoms with van der Waals surface area (Å²) >= 11 is 0. The van der Waals surface area contributed by atoms with Crippen molar-refractivity contribution >= 4 is 11.7 Å². The third-order valence-electron chi connectivity index (χ3n) is 1.94. The molecule has 0 radical (unpaired) electrons. The number of rotatable bonds is 5. The molecule has 13 heavy (non-hydrogen) atoms. The van der Waals surface area contributed by atoms with Crippen molar-refractivity contribution in [2.75, 3.05) is 0 Å². The summed E-state index contributed by atoms with van der Waals surface area (Å²) in [5, 5.41) is 2.65. The SMILES string of the molecule is CC(=O)[C@@H](C)NC(=O)CCC(C)C. The van der Waals surface area contributed by atoms with E-state index in [0.29, 0.717) is 12.3 Å². The second-order valence-corrected chi connectivity index (χ2v) is 3.83. The minimum absolute atomic E-state index is 0.00195. The molecule has 0 aromatic rings. The molecule has 0 heterocycles. The van der Waals surface area contributed by atoms with Crippen molar-refractivity contribution in [3.63, 3.8) is 0 Å². The Balaban J connectivity index is 3.68. The number of hydrogen-bond acceptors (Lipinski definition) is 2. The summed E-state index contributed by atoms with van der Waals surface area (Å²) in [6.07, 6.45) is 1.38. The highest BCUT2D eigenvalue weighted by atomic mass is 16.2. The zero-order valence-electron chi connectivity index (χ0n) is 8.89. The first-order valence-electron chi connectivity index (χ1n) is 4.73. The van der Waals surface area contributed by atoms with Crippen molar-refractivity contribution < 1.29 is 9.59 Å². The lowest BCUT2D eigenvalue weighted by Crippen LogP contribution is -2.37. The van der Waals surface area contributed by atoms with Gasteiger partial charge in [-0.3, -0.25) is 9.59 Å². The van der Waals surface area contributed by atoms with Crippen molar-refractivity contribution in [1.29, 1.82) is 0 Å². The number of Topliss-reactive ketones (excluding diaryl/α,β-unsaturated/α-hetero) is 1. The Labute approximate surface area is 79.9 Å². The van der Waals surface area contributed by atoms with Gasteiger partial charge in [-0.1, -0.05) is 13.8 Å². The summed E-state index contributed by atoms with van der Waals surface area (Å²) in [6.45, 7) is 7.33. The Morgan fingerprint density at radius 3 is 2.15 bits per heavy atom. The van der Waals surface area contributed by atoms with Gasteiger partial charge in [-0.2, -0.15) is 0 Å². The van der Waals surface area contributed by atoms with Gasteiger partial charge in [-0.15, -0.1) is 0 Å². The summed E-state index contributed by atoms with van der Waals surface area (Å²) < 4.78 is 0. The molecule has 0 spiro atoms. The molecule has 0 aromatic heterocycles. The van der Waals surface area contributed by atoms with Crippen LogP contribution >= 0.6 is 0 Å². The van der Waals surface area contributed by atoms with Crippen LogP contribution in [0, 0.1) is 5.92 Å². The first-order chi connectivity index (χ1) is 5.93. The van der Waals surface area contributed by atoms with Crippen LogP contribution in [-0.4, -0.2) is 17.7 Å². The molecule has 0 aliphatic heterocycles. The maximum atomic E-state index is 11.2. The molecule has 0 aliphatic carbocycles. The van der Waals surface area contributed by atoms with Crippen LogP contribution < -0.4 is 5.32 Å². The maximum absolute atomic E-state index is 11.2. The molecule has 76 valence electrons. The lowest BCUT2D eigenvalue weighted by Gasteiger charge is -2.10. The van der Waals surface area contributed by atoms with Crippen LogP contribution in [-0.2, 0) is 9.59 Å². The van der Waals surface area contributed by atoms with Crippen molar-refractivity contribution in [3.05, 3.63) is 0 Å². The van der Waals surface area contributed by atoms with E-state index in [1.165, 1.54) is 6.92 Å². The molecule has 0 saturated carbocycles. The second-order valence-electron chi connectivity index (χ2n) is 3.83. The zero-order chi connectivity index (χ0) is 10.4. The van der Waals surface area contributed by atoms with Gasteiger partial charge in [0.15, 0.2) is 5.78 Å². The third-order valence-corrected chi connectivity index (χ3v) is 1.94. The molecule has 0 rings (SSSR count). The Morgan fingerprint density at radius 1 is 1.23 bits per heavy atom. The lowest BCUT2D eigenvalue weighted by atomic mass is 10.1. The molecule has 0 unspecified atom stereocenters. The Morgan fingerprint density at radius 2 is 1.77 bits per heavy atom. The van der Waals surface area contributed by atoms with E-state index in [-0.39, 0.29) is 17.7 Å². The van der Waals surface area contributed by atoms with Crippen LogP contribution in [0.3, 0.4) is 0 Å². The topological polar surface area (TPSA) is 46.2 Å². The summed E-state index contributed by atoms with van der Waals surface area (Å²) in [5.41, 5.74) is 0. The van der Waals surface area contributed by atoms with E-state index in [0.717, 1.165) is 6.42 Å². The van der Waals surface area contributed by atoms with Gasteiger partial charge in [0.1, 0.15) is 0 Å². The van der Waals surface area contributed by atoms with E-state index < -0.39 is 0 Å². The first kappa shape index (κ1) is 12.1. The van der Waals surface area contributed by atoms with Gasteiger partial charge < -0.3 is 5.32 Å². The fraction of sp³-hybridized carbons (Fsp3) is 0.800. The molecule has 1 atom stereocenters. The number of ketones is 1. The van der Waals surface area contributed by atoms with Gasteiger partial charge in [0.05, 0.1) is 6.04 Å². The molecular weight excluding hydrogens is 166 g/mol. The summed E-state index contributed by atoms with van der Waals surface area (Å²) in [5.74, 6) is 0.493. The number of amides is 1. The highest BCUT2D eigenvalue weighted by Gasteiger charge is 2.10. The quantitative estimate of drug-likeness (QED) is 0.705. The van der Waals surface area contributed by atoms with Crippen LogP contribution in [0.25, 0.3) is 0 Å². The van der Waals surface area contributed by atoms with Gasteiger partial charge in [0.2, 0.25) is 5.91 Å². The first-order valence-corrected chi connectivity index (χ1v) is 4.73. The minimum atomic E-state index is -0.348. The standard InChI is InChI=1S/C10H19NO2/c1-7(2)5-6-10(13)11-8(3)9(4)12/h7-8H,5-6H2,1-4H3,(H,11,13)/t8-/m1/s1. The number of carbonyl (C=O) groups is 2. The van der Waals surface area contributed by atoms with Crippen molar-refractivity contribution in [3.8, 4) is 0 Å². The lowest BCUT2D eigenvalue weighted by molar-refractivity contribution is -0.126. The maximum Gasteiger partial charge on any atom is 0.220 e. The van der Waals surface area contributed by atoms with Crippen molar-refractivity contribution in [1.82, 2.24) is 5.32 Å². The number of hydrogen-bond donors (Lipinski definition) is 1. The predicted molar refractivity (Wildman–Crippen MR) is 52.4 cm³/mol. The highest BCUT2D eigenvalue weighted by Crippen LogP contribution is 2.03. The van der Waals surface area contributed by atoms with E-state index in [2.05, 4.69) is 19.2 Å². The van der Waals surface area contributed by atoms with Gasteiger partial charge >= 0.3 is 0 Å². The van der Waals surface area contributed by atoms with Gasteiger partial charge in [0.25, 0.3) is 0 Å². The number of nitrogens with one attached hydrogen (secondary N) is 1. The van der Waals surface area contributed by atoms with Crippen molar-refractivity contribution in [2.24, 2.45) is 5.92 Å². The van der Waals surface area contributed by atoms with E-state index in [1.54, 1.807) is 6.92 Å². The third kappa shape index (κ3) is 6.31. The normalized spacial score (nSPS) is 12.7.